The number of halogens is 1. The van der Waals surface area contributed by atoms with Gasteiger partial charge < -0.3 is 21.5 Å². The summed E-state index contributed by atoms with van der Waals surface area (Å²) >= 11 is 0. The van der Waals surface area contributed by atoms with Crippen molar-refractivity contribution < 1.29 is 14.8 Å². The lowest BCUT2D eigenvalue weighted by Gasteiger charge is -2.10. The summed E-state index contributed by atoms with van der Waals surface area (Å²) in [6.45, 7) is 0.759. The molecule has 0 aliphatic heterocycles. The molecule has 6 nitrogen and oxygen atoms in total. The minimum Gasteiger partial charge on any atom is -0.385 e. The molecule has 2 aromatic rings. The average Bonchev–Trinajstić information content (AvgIpc) is 2.58. The summed E-state index contributed by atoms with van der Waals surface area (Å²) in [6.07, 6.45) is 0.279. The molecule has 1 atom stereocenters. The SMILES string of the molecule is NC(NO)c1ccc(CCNc2ccc(F)cc2)cc1.NO. The second-order valence-corrected chi connectivity index (χ2v) is 4.53. The molecule has 120 valence electrons. The number of nitrogens with one attached hydrogen (secondary N) is 2. The van der Waals surface area contributed by atoms with E-state index in [1.807, 2.05) is 29.7 Å². The van der Waals surface area contributed by atoms with E-state index in [-0.39, 0.29) is 5.82 Å². The Kier molecular flexibility index (Phi) is 8.05. The molecule has 8 N–H and O–H groups in total. The minimum atomic E-state index is -0.568. The molecular formula is C15H21FN4O2. The monoisotopic (exact) mass is 308 g/mol. The van der Waals surface area contributed by atoms with Crippen molar-refractivity contribution in [2.24, 2.45) is 11.6 Å². The maximum atomic E-state index is 12.7. The summed E-state index contributed by atoms with van der Waals surface area (Å²) < 4.78 is 12.7. The number of hydrogen-bond donors (Lipinski definition) is 6. The number of hydrogen-bond acceptors (Lipinski definition) is 6. The van der Waals surface area contributed by atoms with Crippen LogP contribution in [0.1, 0.15) is 17.3 Å². The highest BCUT2D eigenvalue weighted by Crippen LogP contribution is 2.11. The maximum absolute atomic E-state index is 12.7. The van der Waals surface area contributed by atoms with Crippen molar-refractivity contribution in [2.75, 3.05) is 11.9 Å². The molecule has 0 amide bonds. The Hall–Kier alpha value is -2.03. The van der Waals surface area contributed by atoms with Crippen LogP contribution in [0.3, 0.4) is 0 Å². The highest BCUT2D eigenvalue weighted by molar-refractivity contribution is 5.43. The fourth-order valence-corrected chi connectivity index (χ4v) is 1.89. The molecule has 0 spiro atoms. The Balaban J connectivity index is 0.00000116. The normalized spacial score (nSPS) is 11.3. The second-order valence-electron chi connectivity index (χ2n) is 4.53. The summed E-state index contributed by atoms with van der Waals surface area (Å²) in [6, 6.07) is 14.0. The molecular weight excluding hydrogens is 287 g/mol. The van der Waals surface area contributed by atoms with Crippen LogP contribution in [0.15, 0.2) is 48.5 Å². The van der Waals surface area contributed by atoms with E-state index in [4.69, 9.17) is 16.1 Å². The van der Waals surface area contributed by atoms with Gasteiger partial charge in [0, 0.05) is 12.2 Å². The van der Waals surface area contributed by atoms with Gasteiger partial charge in [0.2, 0.25) is 0 Å². The number of anilines is 1. The van der Waals surface area contributed by atoms with Gasteiger partial charge in [-0.3, -0.25) is 0 Å². The lowest BCUT2D eigenvalue weighted by Crippen LogP contribution is -2.25. The van der Waals surface area contributed by atoms with Gasteiger partial charge in [0.25, 0.3) is 0 Å². The zero-order valence-corrected chi connectivity index (χ0v) is 12.0. The van der Waals surface area contributed by atoms with Crippen LogP contribution in [0, 0.1) is 5.82 Å². The molecule has 0 aliphatic rings. The fraction of sp³-hybridized carbons (Fsp3) is 0.200. The van der Waals surface area contributed by atoms with Crippen LogP contribution in [0.25, 0.3) is 0 Å². The van der Waals surface area contributed by atoms with Crippen LogP contribution in [-0.4, -0.2) is 17.0 Å². The van der Waals surface area contributed by atoms with Crippen LogP contribution in [0.5, 0.6) is 0 Å². The minimum absolute atomic E-state index is 0.236. The Bertz CT molecular complexity index is 534. The summed E-state index contributed by atoms with van der Waals surface area (Å²) in [4.78, 5) is 0. The fourth-order valence-electron chi connectivity index (χ4n) is 1.89. The highest BCUT2D eigenvalue weighted by Gasteiger charge is 2.03. The first-order valence-electron chi connectivity index (χ1n) is 6.68. The Morgan fingerprint density at radius 2 is 1.59 bits per heavy atom. The quantitative estimate of drug-likeness (QED) is 0.358. The predicted molar refractivity (Wildman–Crippen MR) is 82.9 cm³/mol. The van der Waals surface area contributed by atoms with Crippen molar-refractivity contribution in [3.05, 3.63) is 65.5 Å². The summed E-state index contributed by atoms with van der Waals surface area (Å²) in [5.74, 6) is 3.26. The third-order valence-electron chi connectivity index (χ3n) is 3.06. The van der Waals surface area contributed by atoms with Crippen molar-refractivity contribution in [1.82, 2.24) is 5.48 Å². The third-order valence-corrected chi connectivity index (χ3v) is 3.06. The standard InChI is InChI=1S/C15H18FN3O.H3NO/c16-13-5-7-14(8-6-13)18-10-9-11-1-3-12(4-2-11)15(17)19-20;1-2/h1-8,15,18-20H,9-10,17H2;2H,1H2. The predicted octanol–water partition coefficient (Wildman–Crippen LogP) is 1.75. The maximum Gasteiger partial charge on any atom is 0.123 e. The van der Waals surface area contributed by atoms with E-state index in [0.717, 1.165) is 29.8 Å². The first-order chi connectivity index (χ1) is 10.7. The third kappa shape index (κ3) is 5.76. The molecule has 0 saturated heterocycles. The Labute approximate surface area is 128 Å². The van der Waals surface area contributed by atoms with Gasteiger partial charge in [0.1, 0.15) is 12.0 Å². The molecule has 0 aliphatic carbocycles. The van der Waals surface area contributed by atoms with Crippen molar-refractivity contribution in [1.29, 1.82) is 0 Å². The van der Waals surface area contributed by atoms with Gasteiger partial charge in [0.05, 0.1) is 0 Å². The summed E-state index contributed by atoms with van der Waals surface area (Å²) in [5, 5.41) is 18.5. The van der Waals surface area contributed by atoms with Gasteiger partial charge >= 0.3 is 0 Å². The van der Waals surface area contributed by atoms with Crippen LogP contribution in [0.4, 0.5) is 10.1 Å². The van der Waals surface area contributed by atoms with Gasteiger partial charge in [-0.2, -0.15) is 5.48 Å². The van der Waals surface area contributed by atoms with E-state index >= 15 is 0 Å². The molecule has 2 rings (SSSR count). The molecule has 22 heavy (non-hydrogen) atoms. The number of rotatable bonds is 6. The van der Waals surface area contributed by atoms with E-state index in [0.29, 0.717) is 0 Å². The smallest absolute Gasteiger partial charge is 0.123 e. The van der Waals surface area contributed by atoms with E-state index in [1.165, 1.54) is 12.1 Å². The van der Waals surface area contributed by atoms with Crippen LogP contribution >= 0.6 is 0 Å². The summed E-state index contributed by atoms with van der Waals surface area (Å²) in [7, 11) is 0. The highest BCUT2D eigenvalue weighted by atomic mass is 19.1. The number of benzene rings is 2. The van der Waals surface area contributed by atoms with E-state index < -0.39 is 6.17 Å². The first kappa shape index (κ1) is 18.0. The largest absolute Gasteiger partial charge is 0.385 e. The van der Waals surface area contributed by atoms with E-state index in [9.17, 15) is 4.39 Å². The Morgan fingerprint density at radius 3 is 2.14 bits per heavy atom. The van der Waals surface area contributed by atoms with Crippen LogP contribution in [-0.2, 0) is 6.42 Å². The van der Waals surface area contributed by atoms with E-state index in [1.54, 1.807) is 12.1 Å². The molecule has 0 fully saturated rings. The molecule has 0 saturated carbocycles. The van der Waals surface area contributed by atoms with Crippen molar-refractivity contribution in [3.63, 3.8) is 0 Å². The lowest BCUT2D eigenvalue weighted by atomic mass is 10.1. The second kappa shape index (κ2) is 9.82. The van der Waals surface area contributed by atoms with Gasteiger partial charge in [-0.05, 0) is 41.8 Å². The first-order valence-corrected chi connectivity index (χ1v) is 6.68. The zero-order chi connectivity index (χ0) is 16.4. The molecule has 0 radical (unpaired) electrons. The van der Waals surface area contributed by atoms with Gasteiger partial charge in [-0.1, -0.05) is 24.3 Å². The number of nitrogens with two attached hydrogens (primary N) is 2. The average molecular weight is 308 g/mol. The molecule has 2 aromatic carbocycles. The van der Waals surface area contributed by atoms with Gasteiger partial charge in [0.15, 0.2) is 0 Å². The Morgan fingerprint density at radius 1 is 1.00 bits per heavy atom. The molecule has 1 unspecified atom stereocenters. The van der Waals surface area contributed by atoms with Crippen molar-refractivity contribution in [3.8, 4) is 0 Å². The van der Waals surface area contributed by atoms with E-state index in [2.05, 4.69) is 11.2 Å². The molecule has 0 heterocycles. The zero-order valence-electron chi connectivity index (χ0n) is 12.0. The van der Waals surface area contributed by atoms with Crippen LogP contribution < -0.4 is 22.4 Å². The molecule has 0 aromatic heterocycles. The molecule has 7 heteroatoms. The van der Waals surface area contributed by atoms with Gasteiger partial charge in [-0.15, -0.1) is 0 Å². The van der Waals surface area contributed by atoms with Crippen LogP contribution in [0.2, 0.25) is 0 Å². The topological polar surface area (TPSA) is 117 Å². The van der Waals surface area contributed by atoms with Crippen molar-refractivity contribution >= 4 is 5.69 Å². The summed E-state index contributed by atoms with van der Waals surface area (Å²) in [5.41, 5.74) is 10.5. The van der Waals surface area contributed by atoms with Gasteiger partial charge in [-0.25, -0.2) is 10.3 Å². The van der Waals surface area contributed by atoms with Crippen molar-refractivity contribution in [2.45, 2.75) is 12.6 Å². The lowest BCUT2D eigenvalue weighted by molar-refractivity contribution is 0.128. The molecule has 0 bridgehead atoms. The number of hydroxylamine groups is 1.